The molecule has 1 aliphatic heterocycles. The van der Waals surface area contributed by atoms with Gasteiger partial charge in [0, 0.05) is 12.1 Å². The highest BCUT2D eigenvalue weighted by Gasteiger charge is 2.27. The smallest absolute Gasteiger partial charge is 0.159 e. The SMILES string of the molecule is CC(c1ccc(F)c(F)c1)N1CCCCC1CCN. The van der Waals surface area contributed by atoms with Gasteiger partial charge in [0.1, 0.15) is 0 Å². The average molecular weight is 268 g/mol. The number of hydrogen-bond donors (Lipinski definition) is 1. The summed E-state index contributed by atoms with van der Waals surface area (Å²) in [6.45, 7) is 3.73. The van der Waals surface area contributed by atoms with E-state index in [9.17, 15) is 8.78 Å². The van der Waals surface area contributed by atoms with Gasteiger partial charge in [-0.25, -0.2) is 8.78 Å². The molecule has 2 atom stereocenters. The first-order valence-corrected chi connectivity index (χ1v) is 7.04. The van der Waals surface area contributed by atoms with Crippen LogP contribution in [0.4, 0.5) is 8.78 Å². The van der Waals surface area contributed by atoms with Gasteiger partial charge in [-0.05, 0) is 57.0 Å². The molecule has 1 saturated heterocycles. The molecule has 0 radical (unpaired) electrons. The minimum absolute atomic E-state index is 0.104. The Morgan fingerprint density at radius 2 is 2.11 bits per heavy atom. The molecule has 0 aromatic heterocycles. The third-order valence-electron chi connectivity index (χ3n) is 4.10. The van der Waals surface area contributed by atoms with Crippen molar-refractivity contribution in [3.8, 4) is 0 Å². The summed E-state index contributed by atoms with van der Waals surface area (Å²) in [6, 6.07) is 4.77. The Hall–Kier alpha value is -1.00. The predicted octanol–water partition coefficient (Wildman–Crippen LogP) is 3.23. The lowest BCUT2D eigenvalue weighted by Crippen LogP contribution is -2.42. The second kappa shape index (κ2) is 6.44. The Balaban J connectivity index is 2.15. The maximum Gasteiger partial charge on any atom is 0.159 e. The predicted molar refractivity (Wildman–Crippen MR) is 72.8 cm³/mol. The van der Waals surface area contributed by atoms with Crippen LogP contribution in [-0.2, 0) is 0 Å². The molecule has 0 amide bonds. The normalized spacial score (nSPS) is 22.4. The average Bonchev–Trinajstić information content (AvgIpc) is 2.42. The number of nitrogens with zero attached hydrogens (tertiary/aromatic N) is 1. The Bertz CT molecular complexity index is 421. The molecule has 1 aromatic rings. The fourth-order valence-electron chi connectivity index (χ4n) is 3.00. The van der Waals surface area contributed by atoms with Crippen molar-refractivity contribution in [1.82, 2.24) is 4.90 Å². The molecule has 2 N–H and O–H groups in total. The third kappa shape index (κ3) is 3.31. The summed E-state index contributed by atoms with van der Waals surface area (Å²) in [5.41, 5.74) is 6.50. The number of piperidine rings is 1. The van der Waals surface area contributed by atoms with Crippen molar-refractivity contribution >= 4 is 0 Å². The van der Waals surface area contributed by atoms with Crippen LogP contribution in [0.3, 0.4) is 0 Å². The van der Waals surface area contributed by atoms with Gasteiger partial charge in [-0.3, -0.25) is 4.90 Å². The van der Waals surface area contributed by atoms with Crippen molar-refractivity contribution in [3.63, 3.8) is 0 Å². The summed E-state index contributed by atoms with van der Waals surface area (Å²) in [6.07, 6.45) is 4.50. The highest BCUT2D eigenvalue weighted by atomic mass is 19.2. The lowest BCUT2D eigenvalue weighted by atomic mass is 9.95. The minimum Gasteiger partial charge on any atom is -0.330 e. The van der Waals surface area contributed by atoms with Crippen LogP contribution in [-0.4, -0.2) is 24.0 Å². The first-order valence-electron chi connectivity index (χ1n) is 7.04. The first kappa shape index (κ1) is 14.4. The molecule has 4 heteroatoms. The molecule has 0 bridgehead atoms. The molecule has 1 aliphatic rings. The second-order valence-corrected chi connectivity index (χ2v) is 5.31. The van der Waals surface area contributed by atoms with E-state index in [1.165, 1.54) is 18.6 Å². The van der Waals surface area contributed by atoms with Gasteiger partial charge >= 0.3 is 0 Å². The topological polar surface area (TPSA) is 29.3 Å². The molecule has 2 unspecified atom stereocenters. The van der Waals surface area contributed by atoms with E-state index in [2.05, 4.69) is 11.8 Å². The number of halogens is 2. The quantitative estimate of drug-likeness (QED) is 0.908. The number of likely N-dealkylation sites (tertiary alicyclic amines) is 1. The Kier molecular flexibility index (Phi) is 4.88. The van der Waals surface area contributed by atoms with Crippen LogP contribution in [0.5, 0.6) is 0 Å². The fourth-order valence-corrected chi connectivity index (χ4v) is 3.00. The van der Waals surface area contributed by atoms with Gasteiger partial charge in [-0.1, -0.05) is 12.5 Å². The molecule has 0 spiro atoms. The van der Waals surface area contributed by atoms with Gasteiger partial charge in [0.2, 0.25) is 0 Å². The van der Waals surface area contributed by atoms with Gasteiger partial charge in [0.25, 0.3) is 0 Å². The Labute approximate surface area is 113 Å². The van der Waals surface area contributed by atoms with Crippen molar-refractivity contribution in [1.29, 1.82) is 0 Å². The number of rotatable bonds is 4. The summed E-state index contributed by atoms with van der Waals surface area (Å²) < 4.78 is 26.3. The monoisotopic (exact) mass is 268 g/mol. The van der Waals surface area contributed by atoms with E-state index in [-0.39, 0.29) is 6.04 Å². The lowest BCUT2D eigenvalue weighted by Gasteiger charge is -2.40. The highest BCUT2D eigenvalue weighted by Crippen LogP contribution is 2.30. The zero-order valence-electron chi connectivity index (χ0n) is 11.4. The number of benzene rings is 1. The van der Waals surface area contributed by atoms with E-state index in [0.717, 1.165) is 31.4 Å². The zero-order chi connectivity index (χ0) is 13.8. The summed E-state index contributed by atoms with van der Waals surface area (Å²) in [5, 5.41) is 0. The van der Waals surface area contributed by atoms with Gasteiger partial charge in [0.05, 0.1) is 0 Å². The minimum atomic E-state index is -0.784. The van der Waals surface area contributed by atoms with E-state index in [1.807, 2.05) is 0 Å². The van der Waals surface area contributed by atoms with Crippen LogP contribution < -0.4 is 5.73 Å². The van der Waals surface area contributed by atoms with Gasteiger partial charge < -0.3 is 5.73 Å². The molecular formula is C15H22F2N2. The van der Waals surface area contributed by atoms with Crippen molar-refractivity contribution in [2.24, 2.45) is 5.73 Å². The van der Waals surface area contributed by atoms with Crippen molar-refractivity contribution < 1.29 is 8.78 Å². The van der Waals surface area contributed by atoms with E-state index in [0.29, 0.717) is 12.6 Å². The summed E-state index contributed by atoms with van der Waals surface area (Å²) in [7, 11) is 0. The number of hydrogen-bond acceptors (Lipinski definition) is 2. The summed E-state index contributed by atoms with van der Waals surface area (Å²) >= 11 is 0. The van der Waals surface area contributed by atoms with Crippen molar-refractivity contribution in [3.05, 3.63) is 35.4 Å². The van der Waals surface area contributed by atoms with Gasteiger partial charge in [-0.2, -0.15) is 0 Å². The van der Waals surface area contributed by atoms with Crippen molar-refractivity contribution in [2.75, 3.05) is 13.1 Å². The lowest BCUT2D eigenvalue weighted by molar-refractivity contribution is 0.0982. The zero-order valence-corrected chi connectivity index (χ0v) is 11.4. The molecule has 19 heavy (non-hydrogen) atoms. The van der Waals surface area contributed by atoms with Gasteiger partial charge in [-0.15, -0.1) is 0 Å². The molecule has 2 nitrogen and oxygen atoms in total. The molecular weight excluding hydrogens is 246 g/mol. The fraction of sp³-hybridized carbons (Fsp3) is 0.600. The van der Waals surface area contributed by atoms with Crippen LogP contribution in [0.15, 0.2) is 18.2 Å². The molecule has 1 aromatic carbocycles. The van der Waals surface area contributed by atoms with E-state index < -0.39 is 11.6 Å². The van der Waals surface area contributed by atoms with Crippen LogP contribution in [0.2, 0.25) is 0 Å². The molecule has 0 aliphatic carbocycles. The maximum absolute atomic E-state index is 13.3. The van der Waals surface area contributed by atoms with E-state index >= 15 is 0 Å². The number of nitrogens with two attached hydrogens (primary N) is 1. The van der Waals surface area contributed by atoms with Crippen LogP contribution in [0, 0.1) is 11.6 Å². The van der Waals surface area contributed by atoms with Crippen molar-refractivity contribution in [2.45, 2.75) is 44.7 Å². The van der Waals surface area contributed by atoms with Crippen LogP contribution in [0.25, 0.3) is 0 Å². The first-order chi connectivity index (χ1) is 9.13. The highest BCUT2D eigenvalue weighted by molar-refractivity contribution is 5.21. The molecule has 106 valence electrons. The molecule has 1 heterocycles. The summed E-state index contributed by atoms with van der Waals surface area (Å²) in [5.74, 6) is -1.55. The van der Waals surface area contributed by atoms with Gasteiger partial charge in [0.15, 0.2) is 11.6 Å². The standard InChI is InChI=1S/C15H22F2N2/c1-11(12-5-6-14(16)15(17)10-12)19-9-3-2-4-13(19)7-8-18/h5-6,10-11,13H,2-4,7-9,18H2,1H3. The van der Waals surface area contributed by atoms with Crippen LogP contribution in [0.1, 0.15) is 44.2 Å². The third-order valence-corrected chi connectivity index (χ3v) is 4.10. The molecule has 2 rings (SSSR count). The van der Waals surface area contributed by atoms with E-state index in [1.54, 1.807) is 6.07 Å². The summed E-state index contributed by atoms with van der Waals surface area (Å²) in [4.78, 5) is 2.38. The van der Waals surface area contributed by atoms with Crippen LogP contribution >= 0.6 is 0 Å². The molecule has 0 saturated carbocycles. The molecule has 1 fully saturated rings. The maximum atomic E-state index is 13.3. The van der Waals surface area contributed by atoms with E-state index in [4.69, 9.17) is 5.73 Å². The Morgan fingerprint density at radius 3 is 2.79 bits per heavy atom. The second-order valence-electron chi connectivity index (χ2n) is 5.31. The Morgan fingerprint density at radius 1 is 1.32 bits per heavy atom. The largest absolute Gasteiger partial charge is 0.330 e.